The van der Waals surface area contributed by atoms with Gasteiger partial charge in [0.1, 0.15) is 5.82 Å². The molecular weight excluding hydrogens is 412 g/mol. The van der Waals surface area contributed by atoms with Gasteiger partial charge in [-0.25, -0.2) is 4.98 Å². The first-order chi connectivity index (χ1) is 15.9. The molecular formula is C27H30N4O2. The summed E-state index contributed by atoms with van der Waals surface area (Å²) in [6, 6.07) is 20.0. The molecule has 0 bridgehead atoms. The van der Waals surface area contributed by atoms with Crippen molar-refractivity contribution in [3.63, 3.8) is 0 Å². The predicted octanol–water partition coefficient (Wildman–Crippen LogP) is 3.85. The number of aromatic nitrogens is 1. The monoisotopic (exact) mass is 442 g/mol. The van der Waals surface area contributed by atoms with Crippen LogP contribution in [0.25, 0.3) is 11.1 Å². The zero-order chi connectivity index (χ0) is 23.4. The number of anilines is 1. The van der Waals surface area contributed by atoms with Crippen molar-refractivity contribution < 1.29 is 9.59 Å². The highest BCUT2D eigenvalue weighted by Crippen LogP contribution is 2.38. The van der Waals surface area contributed by atoms with Gasteiger partial charge in [-0.1, -0.05) is 54.1 Å². The van der Waals surface area contributed by atoms with Crippen LogP contribution in [0.2, 0.25) is 0 Å². The molecule has 1 aliphatic heterocycles. The molecule has 33 heavy (non-hydrogen) atoms. The van der Waals surface area contributed by atoms with Crippen molar-refractivity contribution in [3.05, 3.63) is 83.6 Å². The summed E-state index contributed by atoms with van der Waals surface area (Å²) < 4.78 is 0. The lowest BCUT2D eigenvalue weighted by Gasteiger charge is -2.29. The highest BCUT2D eigenvalue weighted by atomic mass is 16.2. The van der Waals surface area contributed by atoms with E-state index in [-0.39, 0.29) is 17.6 Å². The van der Waals surface area contributed by atoms with E-state index in [4.69, 9.17) is 5.73 Å². The number of nitrogen functional groups attached to an aromatic ring is 1. The van der Waals surface area contributed by atoms with E-state index in [1.54, 1.807) is 23.2 Å². The van der Waals surface area contributed by atoms with Crippen LogP contribution in [0, 0.1) is 12.3 Å². The molecule has 4 rings (SSSR count). The Hall–Kier alpha value is -3.67. The fraction of sp³-hybridized carbons (Fsp3) is 0.296. The third-order valence-corrected chi connectivity index (χ3v) is 6.40. The summed E-state index contributed by atoms with van der Waals surface area (Å²) in [5.41, 5.74) is 10.2. The molecule has 0 saturated carbocycles. The summed E-state index contributed by atoms with van der Waals surface area (Å²) in [7, 11) is 0. The minimum Gasteiger partial charge on any atom is -0.383 e. The SMILES string of the molecule is CCNC(=O)[C@@]1(Cc2ccccc2-c2cccc(C)c2)CCN(C(=O)c2cccnc2N)C1. The molecule has 170 valence electrons. The topological polar surface area (TPSA) is 88.3 Å². The van der Waals surface area contributed by atoms with Gasteiger partial charge in [-0.15, -0.1) is 0 Å². The van der Waals surface area contributed by atoms with Gasteiger partial charge in [-0.2, -0.15) is 0 Å². The number of nitrogens with zero attached hydrogens (tertiary/aromatic N) is 2. The fourth-order valence-corrected chi connectivity index (χ4v) is 4.71. The van der Waals surface area contributed by atoms with Crippen molar-refractivity contribution in [2.24, 2.45) is 5.41 Å². The van der Waals surface area contributed by atoms with E-state index in [1.165, 1.54) is 5.56 Å². The zero-order valence-electron chi connectivity index (χ0n) is 19.2. The number of hydrogen-bond donors (Lipinski definition) is 2. The molecule has 1 aromatic heterocycles. The van der Waals surface area contributed by atoms with E-state index in [9.17, 15) is 9.59 Å². The lowest BCUT2D eigenvalue weighted by Crippen LogP contribution is -2.45. The third kappa shape index (κ3) is 4.60. The molecule has 6 nitrogen and oxygen atoms in total. The molecule has 1 atom stereocenters. The second-order valence-electron chi connectivity index (χ2n) is 8.76. The van der Waals surface area contributed by atoms with Crippen molar-refractivity contribution in [3.8, 4) is 11.1 Å². The summed E-state index contributed by atoms with van der Waals surface area (Å²) in [6.45, 7) is 5.38. The number of pyridine rings is 1. The number of benzene rings is 2. The first kappa shape index (κ1) is 22.5. The molecule has 1 fully saturated rings. The number of hydrogen-bond acceptors (Lipinski definition) is 4. The Morgan fingerprint density at radius 3 is 2.70 bits per heavy atom. The van der Waals surface area contributed by atoms with Gasteiger partial charge in [0.05, 0.1) is 11.0 Å². The molecule has 1 aliphatic rings. The molecule has 0 spiro atoms. The highest BCUT2D eigenvalue weighted by Gasteiger charge is 2.46. The fourth-order valence-electron chi connectivity index (χ4n) is 4.71. The number of nitrogens with two attached hydrogens (primary N) is 1. The van der Waals surface area contributed by atoms with E-state index < -0.39 is 5.41 Å². The second kappa shape index (κ2) is 9.45. The molecule has 2 aromatic carbocycles. The molecule has 0 unspecified atom stereocenters. The number of rotatable bonds is 6. The van der Waals surface area contributed by atoms with Gasteiger partial charge >= 0.3 is 0 Å². The number of likely N-dealkylation sites (tertiary alicyclic amines) is 1. The van der Waals surface area contributed by atoms with Crippen LogP contribution in [0.1, 0.15) is 34.8 Å². The molecule has 6 heteroatoms. The van der Waals surface area contributed by atoms with E-state index >= 15 is 0 Å². The third-order valence-electron chi connectivity index (χ3n) is 6.40. The van der Waals surface area contributed by atoms with Gasteiger partial charge in [-0.05, 0) is 55.5 Å². The Labute approximate surface area is 194 Å². The number of aryl methyl sites for hydroxylation is 1. The Morgan fingerprint density at radius 1 is 1.12 bits per heavy atom. The lowest BCUT2D eigenvalue weighted by molar-refractivity contribution is -0.130. The smallest absolute Gasteiger partial charge is 0.257 e. The summed E-state index contributed by atoms with van der Waals surface area (Å²) in [6.07, 6.45) is 2.71. The van der Waals surface area contributed by atoms with Gasteiger partial charge in [0.25, 0.3) is 5.91 Å². The van der Waals surface area contributed by atoms with Crippen LogP contribution < -0.4 is 11.1 Å². The molecule has 2 heterocycles. The number of amides is 2. The maximum atomic E-state index is 13.4. The standard InChI is InChI=1S/C27H30N4O2/c1-3-29-26(33)27(13-15-31(18-27)25(32)23-12-7-14-30-24(23)28)17-21-9-4-5-11-22(21)20-10-6-8-19(2)16-20/h4-12,14,16H,3,13,15,17-18H2,1-2H3,(H2,28,30)(H,29,33)/t27-/m1/s1. The summed E-state index contributed by atoms with van der Waals surface area (Å²) in [5, 5.41) is 3.01. The number of nitrogens with one attached hydrogen (secondary N) is 1. The second-order valence-corrected chi connectivity index (χ2v) is 8.76. The van der Waals surface area contributed by atoms with Gasteiger partial charge in [-0.3, -0.25) is 9.59 Å². The van der Waals surface area contributed by atoms with Crippen molar-refractivity contribution in [1.29, 1.82) is 0 Å². The van der Waals surface area contributed by atoms with Crippen LogP contribution in [0.3, 0.4) is 0 Å². The zero-order valence-corrected chi connectivity index (χ0v) is 19.2. The predicted molar refractivity (Wildman–Crippen MR) is 131 cm³/mol. The molecule has 3 aromatic rings. The maximum absolute atomic E-state index is 13.4. The summed E-state index contributed by atoms with van der Waals surface area (Å²) in [5.74, 6) is 0.0139. The van der Waals surface area contributed by atoms with Gasteiger partial charge in [0.2, 0.25) is 5.91 Å². The molecule has 1 saturated heterocycles. The van der Waals surface area contributed by atoms with E-state index in [0.717, 1.165) is 16.7 Å². The van der Waals surface area contributed by atoms with Crippen LogP contribution in [0.5, 0.6) is 0 Å². The Kier molecular flexibility index (Phi) is 6.45. The molecule has 3 N–H and O–H groups in total. The van der Waals surface area contributed by atoms with Crippen molar-refractivity contribution >= 4 is 17.6 Å². The Balaban J connectivity index is 1.67. The highest BCUT2D eigenvalue weighted by molar-refractivity contribution is 5.99. The van der Waals surface area contributed by atoms with Crippen molar-refractivity contribution in [2.75, 3.05) is 25.4 Å². The Morgan fingerprint density at radius 2 is 1.94 bits per heavy atom. The molecule has 0 aliphatic carbocycles. The first-order valence-electron chi connectivity index (χ1n) is 11.4. The largest absolute Gasteiger partial charge is 0.383 e. The van der Waals surface area contributed by atoms with Crippen LogP contribution in [-0.4, -0.2) is 41.3 Å². The average molecular weight is 443 g/mol. The van der Waals surface area contributed by atoms with Crippen LogP contribution >= 0.6 is 0 Å². The van der Waals surface area contributed by atoms with E-state index in [2.05, 4.69) is 53.6 Å². The van der Waals surface area contributed by atoms with Crippen LogP contribution in [-0.2, 0) is 11.2 Å². The molecule has 0 radical (unpaired) electrons. The van der Waals surface area contributed by atoms with Crippen molar-refractivity contribution in [2.45, 2.75) is 26.7 Å². The van der Waals surface area contributed by atoms with E-state index in [1.807, 2.05) is 19.1 Å². The minimum atomic E-state index is -0.706. The average Bonchev–Trinajstić information content (AvgIpc) is 3.25. The minimum absolute atomic E-state index is 0.0153. The van der Waals surface area contributed by atoms with Crippen LogP contribution in [0.15, 0.2) is 66.9 Å². The summed E-state index contributed by atoms with van der Waals surface area (Å²) >= 11 is 0. The normalized spacial score (nSPS) is 17.7. The van der Waals surface area contributed by atoms with E-state index in [0.29, 0.717) is 38.0 Å². The maximum Gasteiger partial charge on any atom is 0.257 e. The van der Waals surface area contributed by atoms with Gasteiger partial charge in [0.15, 0.2) is 0 Å². The lowest BCUT2D eigenvalue weighted by atomic mass is 9.78. The van der Waals surface area contributed by atoms with Crippen LogP contribution in [0.4, 0.5) is 5.82 Å². The van der Waals surface area contributed by atoms with Gasteiger partial charge in [0, 0.05) is 25.8 Å². The number of carbonyl (C=O) groups is 2. The first-order valence-corrected chi connectivity index (χ1v) is 11.4. The Bertz CT molecular complexity index is 1180. The quantitative estimate of drug-likeness (QED) is 0.607. The van der Waals surface area contributed by atoms with Gasteiger partial charge < -0.3 is 16.0 Å². The summed E-state index contributed by atoms with van der Waals surface area (Å²) in [4.78, 5) is 32.3. The number of carbonyl (C=O) groups excluding carboxylic acids is 2. The van der Waals surface area contributed by atoms with Crippen molar-refractivity contribution in [1.82, 2.24) is 15.2 Å². The molecule has 2 amide bonds.